The van der Waals surface area contributed by atoms with Crippen molar-refractivity contribution >= 4 is 16.9 Å². The minimum absolute atomic E-state index is 0.162. The van der Waals surface area contributed by atoms with E-state index >= 15 is 0 Å². The zero-order chi connectivity index (χ0) is 16.0. The Bertz CT molecular complexity index is 368. The lowest BCUT2D eigenvalue weighted by atomic mass is 10.1. The minimum Gasteiger partial charge on any atom is -0.444 e. The van der Waals surface area contributed by atoms with Gasteiger partial charge in [0.2, 0.25) is 0 Å². The summed E-state index contributed by atoms with van der Waals surface area (Å²) < 4.78 is 16.8. The fourth-order valence-corrected chi connectivity index (χ4v) is 2.59. The number of hydrogen-bond donors (Lipinski definition) is 1. The van der Waals surface area contributed by atoms with E-state index in [0.29, 0.717) is 6.04 Å². The lowest BCUT2D eigenvalue weighted by Crippen LogP contribution is -2.39. The molecule has 124 valence electrons. The molecule has 21 heavy (non-hydrogen) atoms. The van der Waals surface area contributed by atoms with Crippen molar-refractivity contribution in [1.29, 1.82) is 0 Å². The summed E-state index contributed by atoms with van der Waals surface area (Å²) in [4.78, 5) is 13.9. The quantitative estimate of drug-likeness (QED) is 0.863. The van der Waals surface area contributed by atoms with Crippen molar-refractivity contribution < 1.29 is 13.7 Å². The minimum atomic E-state index is -0.792. The van der Waals surface area contributed by atoms with Crippen LogP contribution in [0.25, 0.3) is 0 Å². The maximum atomic E-state index is 12.1. The predicted octanol–water partition coefficient (Wildman–Crippen LogP) is 2.13. The second kappa shape index (κ2) is 8.13. The maximum absolute atomic E-state index is 12.1. The van der Waals surface area contributed by atoms with Gasteiger partial charge in [-0.2, -0.15) is 0 Å². The molecule has 1 rings (SSSR count). The highest BCUT2D eigenvalue weighted by molar-refractivity contribution is 7.84. The highest BCUT2D eigenvalue weighted by atomic mass is 32.2. The molecular weight excluding hydrogens is 288 g/mol. The molecular formula is C15H30N2O3S. The van der Waals surface area contributed by atoms with Gasteiger partial charge in [0.05, 0.1) is 0 Å². The standard InChI is InChI=1S/C15H30N2O3S/c1-12(21(5)19)11-16-13-7-6-9-17(10-8-13)14(18)20-15(2,3)4/h12-13,16H,6-11H2,1-5H3/t12-,13+,21-/m0/s1. The van der Waals surface area contributed by atoms with Gasteiger partial charge in [-0.25, -0.2) is 4.79 Å². The van der Waals surface area contributed by atoms with E-state index in [-0.39, 0.29) is 11.3 Å². The van der Waals surface area contributed by atoms with E-state index < -0.39 is 16.4 Å². The highest BCUT2D eigenvalue weighted by Crippen LogP contribution is 2.15. The fourth-order valence-electron chi connectivity index (χ4n) is 2.26. The molecule has 1 fully saturated rings. The van der Waals surface area contributed by atoms with Crippen molar-refractivity contribution in [2.45, 2.75) is 63.9 Å². The lowest BCUT2D eigenvalue weighted by molar-refractivity contribution is 0.0256. The molecule has 6 heteroatoms. The summed E-state index contributed by atoms with van der Waals surface area (Å²) in [5.74, 6) is 0. The first-order valence-electron chi connectivity index (χ1n) is 7.72. The molecule has 0 aromatic carbocycles. The van der Waals surface area contributed by atoms with Crippen molar-refractivity contribution in [1.82, 2.24) is 10.2 Å². The molecule has 0 saturated carbocycles. The average molecular weight is 318 g/mol. The van der Waals surface area contributed by atoms with E-state index in [4.69, 9.17) is 4.74 Å². The van der Waals surface area contributed by atoms with Crippen LogP contribution in [0, 0.1) is 0 Å². The van der Waals surface area contributed by atoms with Crippen LogP contribution in [0.15, 0.2) is 0 Å². The van der Waals surface area contributed by atoms with E-state index in [9.17, 15) is 9.00 Å². The van der Waals surface area contributed by atoms with E-state index in [1.807, 2.05) is 27.7 Å². The van der Waals surface area contributed by atoms with E-state index in [0.717, 1.165) is 38.9 Å². The van der Waals surface area contributed by atoms with Crippen LogP contribution in [0.1, 0.15) is 47.0 Å². The molecule has 0 bridgehead atoms. The number of carbonyl (C=O) groups is 1. The van der Waals surface area contributed by atoms with Crippen LogP contribution in [0.5, 0.6) is 0 Å². The number of likely N-dealkylation sites (tertiary alicyclic amines) is 1. The average Bonchev–Trinajstić information content (AvgIpc) is 2.59. The van der Waals surface area contributed by atoms with Gasteiger partial charge in [-0.1, -0.05) is 0 Å². The van der Waals surface area contributed by atoms with Gasteiger partial charge in [0, 0.05) is 48.0 Å². The van der Waals surface area contributed by atoms with Crippen LogP contribution in [-0.2, 0) is 15.5 Å². The second-order valence-corrected chi connectivity index (χ2v) is 8.61. The zero-order valence-electron chi connectivity index (χ0n) is 14.0. The molecule has 3 atom stereocenters. The van der Waals surface area contributed by atoms with Gasteiger partial charge in [0.15, 0.2) is 0 Å². The topological polar surface area (TPSA) is 58.6 Å². The number of hydrogen-bond acceptors (Lipinski definition) is 4. The monoisotopic (exact) mass is 318 g/mol. The normalized spacial score (nSPS) is 23.3. The van der Waals surface area contributed by atoms with Crippen LogP contribution in [0.2, 0.25) is 0 Å². The Labute approximate surface area is 131 Å². The largest absolute Gasteiger partial charge is 0.444 e. The number of rotatable bonds is 4. The summed E-state index contributed by atoms with van der Waals surface area (Å²) in [7, 11) is -0.792. The summed E-state index contributed by atoms with van der Waals surface area (Å²) in [5.41, 5.74) is -0.443. The number of nitrogens with zero attached hydrogens (tertiary/aromatic N) is 1. The first-order valence-corrected chi connectivity index (χ1v) is 9.34. The zero-order valence-corrected chi connectivity index (χ0v) is 14.8. The molecule has 1 amide bonds. The second-order valence-electron chi connectivity index (χ2n) is 6.81. The van der Waals surface area contributed by atoms with E-state index in [1.165, 1.54) is 0 Å². The summed E-state index contributed by atoms with van der Waals surface area (Å²) in [5, 5.41) is 3.64. The van der Waals surface area contributed by atoms with E-state index in [1.54, 1.807) is 11.2 Å². The molecule has 1 saturated heterocycles. The van der Waals surface area contributed by atoms with Crippen LogP contribution in [-0.4, -0.2) is 58.0 Å². The van der Waals surface area contributed by atoms with Gasteiger partial charge in [0.1, 0.15) is 5.60 Å². The predicted molar refractivity (Wildman–Crippen MR) is 87.0 cm³/mol. The molecule has 1 aliphatic rings. The molecule has 1 heterocycles. The summed E-state index contributed by atoms with van der Waals surface area (Å²) in [6.07, 6.45) is 4.46. The molecule has 0 unspecified atom stereocenters. The molecule has 5 nitrogen and oxygen atoms in total. The molecule has 0 aromatic heterocycles. The van der Waals surface area contributed by atoms with Gasteiger partial charge in [-0.15, -0.1) is 0 Å². The first kappa shape index (κ1) is 18.4. The molecule has 1 aliphatic heterocycles. The Hall–Kier alpha value is -0.620. The van der Waals surface area contributed by atoms with Crippen molar-refractivity contribution in [2.75, 3.05) is 25.9 Å². The molecule has 0 radical (unpaired) electrons. The molecule has 0 aromatic rings. The van der Waals surface area contributed by atoms with Crippen LogP contribution >= 0.6 is 0 Å². The molecule has 0 spiro atoms. The fraction of sp³-hybridized carbons (Fsp3) is 0.933. The van der Waals surface area contributed by atoms with Crippen molar-refractivity contribution in [2.24, 2.45) is 0 Å². The van der Waals surface area contributed by atoms with Gasteiger partial charge < -0.3 is 15.0 Å². The summed E-state index contributed by atoms with van der Waals surface area (Å²) >= 11 is 0. The van der Waals surface area contributed by atoms with Gasteiger partial charge >= 0.3 is 6.09 Å². The van der Waals surface area contributed by atoms with Crippen molar-refractivity contribution in [3.8, 4) is 0 Å². The van der Waals surface area contributed by atoms with Crippen molar-refractivity contribution in [3.05, 3.63) is 0 Å². The smallest absolute Gasteiger partial charge is 0.410 e. The molecule has 1 N–H and O–H groups in total. The van der Waals surface area contributed by atoms with Gasteiger partial charge in [-0.05, 0) is 47.0 Å². The summed E-state index contributed by atoms with van der Waals surface area (Å²) in [6.45, 7) is 9.89. The van der Waals surface area contributed by atoms with Crippen molar-refractivity contribution in [3.63, 3.8) is 0 Å². The Morgan fingerprint density at radius 3 is 2.62 bits per heavy atom. The molecule has 0 aliphatic carbocycles. The lowest BCUT2D eigenvalue weighted by Gasteiger charge is -2.26. The van der Waals surface area contributed by atoms with Gasteiger partial charge in [-0.3, -0.25) is 4.21 Å². The number of ether oxygens (including phenoxy) is 1. The third-order valence-corrected chi connectivity index (χ3v) is 4.94. The Kier molecular flexibility index (Phi) is 7.13. The third kappa shape index (κ3) is 7.27. The van der Waals surface area contributed by atoms with Gasteiger partial charge in [0.25, 0.3) is 0 Å². The third-order valence-electron chi connectivity index (χ3n) is 3.64. The number of amides is 1. The SMILES string of the molecule is C[C@@H](CN[C@@H]1CCCN(C(=O)OC(C)(C)C)CC1)[S@](C)=O. The Balaban J connectivity index is 2.40. The Morgan fingerprint density at radius 2 is 2.05 bits per heavy atom. The highest BCUT2D eigenvalue weighted by Gasteiger charge is 2.25. The Morgan fingerprint density at radius 1 is 1.38 bits per heavy atom. The summed E-state index contributed by atoms with van der Waals surface area (Å²) in [6, 6.07) is 0.392. The first-order chi connectivity index (χ1) is 9.69. The van der Waals surface area contributed by atoms with E-state index in [2.05, 4.69) is 5.32 Å². The number of carbonyl (C=O) groups excluding carboxylic acids is 1. The van der Waals surface area contributed by atoms with Crippen LogP contribution in [0.4, 0.5) is 4.79 Å². The van der Waals surface area contributed by atoms with Crippen LogP contribution in [0.3, 0.4) is 0 Å². The van der Waals surface area contributed by atoms with Crippen LogP contribution < -0.4 is 5.32 Å². The maximum Gasteiger partial charge on any atom is 0.410 e. The number of nitrogens with one attached hydrogen (secondary N) is 1.